The SMILES string of the molecule is Cc1cc(C[C@@H](OC(=O)N2CCC(N3CCc4ccccc4NC3=O)CC2)C(=O)N2CCCCC2C(=O)[O-])cc(C)c1O.O=C(O)C1CC2CC[NH+]21. The number of nitrogens with zero attached hydrogens (tertiary/aromatic N) is 3. The molecule has 4 fully saturated rings. The van der Waals surface area contributed by atoms with E-state index in [0.29, 0.717) is 68.0 Å². The van der Waals surface area contributed by atoms with E-state index in [9.17, 15) is 34.2 Å². The highest BCUT2D eigenvalue weighted by molar-refractivity contribution is 5.91. The number of aliphatic carboxylic acids is 2. The van der Waals surface area contributed by atoms with Gasteiger partial charge in [-0.05, 0) is 80.7 Å². The van der Waals surface area contributed by atoms with Gasteiger partial charge in [0.25, 0.3) is 5.91 Å². The van der Waals surface area contributed by atoms with Crippen LogP contribution < -0.4 is 15.3 Å². The number of aryl methyl sites for hydroxylation is 2. The zero-order valence-electron chi connectivity index (χ0n) is 29.8. The molecule has 4 unspecified atom stereocenters. The molecule has 0 aliphatic carbocycles. The first-order valence-corrected chi connectivity index (χ1v) is 18.4. The van der Waals surface area contributed by atoms with E-state index >= 15 is 0 Å². The largest absolute Gasteiger partial charge is 0.548 e. The van der Waals surface area contributed by atoms with E-state index in [0.717, 1.165) is 30.6 Å². The van der Waals surface area contributed by atoms with Crippen LogP contribution in [0.4, 0.5) is 15.3 Å². The van der Waals surface area contributed by atoms with Crippen molar-refractivity contribution >= 4 is 35.7 Å². The van der Waals surface area contributed by atoms with Crippen molar-refractivity contribution in [3.05, 3.63) is 58.7 Å². The Bertz CT molecular complexity index is 1670. The summed E-state index contributed by atoms with van der Waals surface area (Å²) in [5.74, 6) is -2.35. The summed E-state index contributed by atoms with van der Waals surface area (Å²) in [6.45, 7) is 6.11. The number of phenols is 1. The number of piperidine rings is 3. The zero-order chi connectivity index (χ0) is 37.1. The van der Waals surface area contributed by atoms with Crippen LogP contribution in [0.1, 0.15) is 67.2 Å². The molecule has 4 N–H and O–H groups in total. The Morgan fingerprint density at radius 3 is 2.31 bits per heavy atom. The lowest BCUT2D eigenvalue weighted by molar-refractivity contribution is -1.02. The summed E-state index contributed by atoms with van der Waals surface area (Å²) in [5, 5.41) is 33.6. The Labute approximate surface area is 303 Å². The van der Waals surface area contributed by atoms with Crippen LogP contribution in [-0.4, -0.2) is 118 Å². The Morgan fingerprint density at radius 1 is 1.00 bits per heavy atom. The molecule has 4 amide bonds. The monoisotopic (exact) mass is 719 g/mol. The third-order valence-electron chi connectivity index (χ3n) is 11.4. The van der Waals surface area contributed by atoms with Gasteiger partial charge in [0, 0.05) is 50.7 Å². The molecular weight excluding hydrogens is 670 g/mol. The molecule has 280 valence electrons. The molecule has 0 saturated carbocycles. The number of hydrogen-bond acceptors (Lipinski definition) is 8. The Morgan fingerprint density at radius 2 is 1.71 bits per heavy atom. The molecule has 2 aromatic carbocycles. The van der Waals surface area contributed by atoms with Gasteiger partial charge in [0.15, 0.2) is 12.1 Å². The number of likely N-dealkylation sites (tertiary alicyclic amines) is 2. The number of phenolic OH excluding ortho intramolecular Hbond substituents is 1. The van der Waals surface area contributed by atoms with E-state index in [1.165, 1.54) is 16.2 Å². The number of carbonyl (C=O) groups excluding carboxylic acids is 4. The Hall–Kier alpha value is -4.85. The van der Waals surface area contributed by atoms with Crippen LogP contribution in [0.15, 0.2) is 36.4 Å². The first-order valence-electron chi connectivity index (χ1n) is 18.4. The summed E-state index contributed by atoms with van der Waals surface area (Å²) in [6, 6.07) is 10.6. The average Bonchev–Trinajstić information content (AvgIpc) is 3.29. The van der Waals surface area contributed by atoms with Crippen LogP contribution in [0.25, 0.3) is 0 Å². The summed E-state index contributed by atoms with van der Waals surface area (Å²) < 4.78 is 5.84. The number of rotatable bonds is 7. The number of amides is 4. The number of benzene rings is 2. The van der Waals surface area contributed by atoms with Crippen LogP contribution in [0, 0.1) is 13.8 Å². The number of carboxylic acids is 2. The molecule has 14 heteroatoms. The fourth-order valence-corrected chi connectivity index (χ4v) is 8.25. The van der Waals surface area contributed by atoms with E-state index in [2.05, 4.69) is 5.32 Å². The Kier molecular flexibility index (Phi) is 11.2. The number of fused-ring (bicyclic) bond motifs is 2. The molecule has 5 atom stereocenters. The molecule has 5 aliphatic rings. The molecule has 4 saturated heterocycles. The van der Waals surface area contributed by atoms with Crippen molar-refractivity contribution in [3.8, 4) is 5.75 Å². The predicted molar refractivity (Wildman–Crippen MR) is 187 cm³/mol. The normalized spacial score (nSPS) is 24.7. The summed E-state index contributed by atoms with van der Waals surface area (Å²) in [5.41, 5.74) is 3.85. The van der Waals surface area contributed by atoms with Crippen molar-refractivity contribution in [2.45, 2.75) is 102 Å². The van der Waals surface area contributed by atoms with E-state index < -0.39 is 36.1 Å². The van der Waals surface area contributed by atoms with E-state index in [1.807, 2.05) is 29.2 Å². The highest BCUT2D eigenvalue weighted by atomic mass is 16.6. The summed E-state index contributed by atoms with van der Waals surface area (Å²) in [4.78, 5) is 68.3. The number of anilines is 1. The van der Waals surface area contributed by atoms with Crippen LogP contribution in [0.3, 0.4) is 0 Å². The van der Waals surface area contributed by atoms with Gasteiger partial charge >= 0.3 is 18.1 Å². The van der Waals surface area contributed by atoms with Gasteiger partial charge in [-0.15, -0.1) is 0 Å². The molecule has 0 spiro atoms. The number of quaternary nitrogens is 1. The van der Waals surface area contributed by atoms with Crippen LogP contribution in [0.2, 0.25) is 0 Å². The maximum Gasteiger partial charge on any atom is 0.410 e. The van der Waals surface area contributed by atoms with Crippen molar-refractivity contribution in [2.75, 3.05) is 38.0 Å². The second kappa shape index (κ2) is 15.8. The molecule has 0 bridgehead atoms. The second-order valence-corrected chi connectivity index (χ2v) is 14.7. The number of carboxylic acid groups (broad SMARTS) is 2. The molecule has 0 aromatic heterocycles. The number of ether oxygens (including phenoxy) is 1. The topological polar surface area (TPSA) is 184 Å². The van der Waals surface area contributed by atoms with E-state index in [4.69, 9.17) is 9.84 Å². The fourth-order valence-electron chi connectivity index (χ4n) is 8.25. The van der Waals surface area contributed by atoms with Crippen molar-refractivity contribution in [1.82, 2.24) is 14.7 Å². The molecule has 14 nitrogen and oxygen atoms in total. The first kappa shape index (κ1) is 36.9. The predicted octanol–water partition coefficient (Wildman–Crippen LogP) is 1.24. The molecule has 52 heavy (non-hydrogen) atoms. The van der Waals surface area contributed by atoms with Gasteiger partial charge in [-0.1, -0.05) is 30.3 Å². The van der Waals surface area contributed by atoms with Crippen molar-refractivity contribution in [2.24, 2.45) is 0 Å². The first-order chi connectivity index (χ1) is 24.9. The quantitative estimate of drug-likeness (QED) is 0.327. The number of urea groups is 1. The molecule has 5 aliphatic heterocycles. The summed E-state index contributed by atoms with van der Waals surface area (Å²) >= 11 is 0. The van der Waals surface area contributed by atoms with Gasteiger partial charge in [0.1, 0.15) is 5.75 Å². The van der Waals surface area contributed by atoms with Gasteiger partial charge in [-0.2, -0.15) is 0 Å². The zero-order valence-corrected chi connectivity index (χ0v) is 29.8. The van der Waals surface area contributed by atoms with Crippen molar-refractivity contribution in [1.29, 1.82) is 0 Å². The van der Waals surface area contributed by atoms with Gasteiger partial charge < -0.3 is 49.8 Å². The van der Waals surface area contributed by atoms with Crippen LogP contribution in [0.5, 0.6) is 5.75 Å². The van der Waals surface area contributed by atoms with Gasteiger partial charge in [-0.3, -0.25) is 4.79 Å². The van der Waals surface area contributed by atoms with Crippen LogP contribution >= 0.6 is 0 Å². The van der Waals surface area contributed by atoms with Gasteiger partial charge in [-0.25, -0.2) is 14.4 Å². The lowest BCUT2D eigenvalue weighted by atomic mass is 9.83. The Balaban J connectivity index is 0.000000444. The van der Waals surface area contributed by atoms with E-state index in [-0.39, 0.29) is 43.3 Å². The minimum absolute atomic E-state index is 0.0355. The van der Waals surface area contributed by atoms with Crippen LogP contribution in [-0.2, 0) is 32.0 Å². The lowest BCUT2D eigenvalue weighted by Gasteiger charge is -2.49. The number of hydrogen-bond donors (Lipinski definition) is 4. The van der Waals surface area contributed by atoms with Gasteiger partial charge in [0.05, 0.1) is 31.0 Å². The average molecular weight is 720 g/mol. The molecule has 5 heterocycles. The number of nitrogens with one attached hydrogen (secondary N) is 2. The number of para-hydroxylation sites is 1. The maximum absolute atomic E-state index is 13.7. The minimum atomic E-state index is -1.32. The van der Waals surface area contributed by atoms with E-state index in [1.54, 1.807) is 30.9 Å². The standard InChI is InChI=1S/C32H40N4O7.C6H9NO2/c1-20-17-22(18-21(2)28(20)37)19-27(29(38)36-13-6-5-9-26(36)30(39)40)43-32(42)34-14-11-24(12-15-34)35-16-10-23-7-3-4-8-25(23)33-31(35)41;8-6(9)5-3-4-1-2-7(4)5/h3-4,7-8,17-18,24,26-27,37H,5-6,9-16,19H2,1-2H3,(H,33,41)(H,39,40);4-5H,1-3H2,(H,8,9)/t26?,27-;/m1./s1. The molecule has 2 aromatic rings. The summed E-state index contributed by atoms with van der Waals surface area (Å²) in [7, 11) is 0. The smallest absolute Gasteiger partial charge is 0.410 e. The maximum atomic E-state index is 13.7. The highest BCUT2D eigenvalue weighted by Gasteiger charge is 2.53. The second-order valence-electron chi connectivity index (χ2n) is 14.7. The van der Waals surface area contributed by atoms with Crippen molar-refractivity contribution in [3.63, 3.8) is 0 Å². The third kappa shape index (κ3) is 7.96. The highest BCUT2D eigenvalue weighted by Crippen LogP contribution is 2.28. The molecular formula is C38H49N5O9. The van der Waals surface area contributed by atoms with Crippen molar-refractivity contribution < 1.29 is 48.9 Å². The third-order valence-corrected chi connectivity index (χ3v) is 11.4. The number of aromatic hydroxyl groups is 1. The number of carbonyl (C=O) groups is 5. The van der Waals surface area contributed by atoms with Gasteiger partial charge in [0.2, 0.25) is 0 Å². The summed E-state index contributed by atoms with van der Waals surface area (Å²) in [6.07, 6.45) is 3.77. The fraction of sp³-hybridized carbons (Fsp3) is 0.553. The molecule has 7 rings (SSSR count). The lowest BCUT2D eigenvalue weighted by Crippen LogP contribution is -3.32. The molecule has 0 radical (unpaired) electrons. The minimum Gasteiger partial charge on any atom is -0.548 e.